The van der Waals surface area contributed by atoms with Crippen molar-refractivity contribution in [2.75, 3.05) is 47.0 Å². The molecule has 2 rings (SSSR count). The summed E-state index contributed by atoms with van der Waals surface area (Å²) in [7, 11) is -1.92. The summed E-state index contributed by atoms with van der Waals surface area (Å²) in [6.45, 7) is 0.327. The predicted octanol–water partition coefficient (Wildman–Crippen LogP) is 2.28. The second kappa shape index (κ2) is 13.1. The van der Waals surface area contributed by atoms with Gasteiger partial charge in [0.2, 0.25) is 10.0 Å². The summed E-state index contributed by atoms with van der Waals surface area (Å²) in [5, 5.41) is 8.83. The Kier molecular flexibility index (Phi) is 10.5. The van der Waals surface area contributed by atoms with Gasteiger partial charge < -0.3 is 19.1 Å². The van der Waals surface area contributed by atoms with Crippen LogP contribution in [0.1, 0.15) is 5.56 Å². The lowest BCUT2D eigenvalue weighted by Crippen LogP contribution is -2.44. The van der Waals surface area contributed by atoms with Crippen molar-refractivity contribution in [3.05, 3.63) is 53.6 Å². The van der Waals surface area contributed by atoms with E-state index in [1.54, 1.807) is 12.1 Å². The van der Waals surface area contributed by atoms with E-state index in [0.717, 1.165) is 10.5 Å². The first-order valence-corrected chi connectivity index (χ1v) is 12.0. The van der Waals surface area contributed by atoms with Gasteiger partial charge in [0.05, 0.1) is 18.0 Å². The molecule has 14 heteroatoms. The van der Waals surface area contributed by atoms with Crippen LogP contribution in [0.25, 0.3) is 0 Å². The molecule has 0 fully saturated rings. The highest BCUT2D eigenvalue weighted by Crippen LogP contribution is 2.31. The smallest absolute Gasteiger partial charge is 0.409 e. The molecule has 2 aromatic rings. The summed E-state index contributed by atoms with van der Waals surface area (Å²) in [6.07, 6.45) is -0.786. The fraction of sp³-hybridized carbons (Fsp3) is 0.364. The molecule has 0 radical (unpaired) electrons. The molecule has 198 valence electrons. The maximum Gasteiger partial charge on any atom is 0.409 e. The van der Waals surface area contributed by atoms with E-state index < -0.39 is 57.4 Å². The molecule has 36 heavy (non-hydrogen) atoms. The zero-order valence-corrected chi connectivity index (χ0v) is 20.7. The summed E-state index contributed by atoms with van der Waals surface area (Å²) in [4.78, 5) is 23.9. The first kappa shape index (κ1) is 28.9. The maximum absolute atomic E-state index is 14.7. The van der Waals surface area contributed by atoms with Crippen LogP contribution in [-0.2, 0) is 24.3 Å². The monoisotopic (exact) mass is 531 g/mol. The fourth-order valence-electron chi connectivity index (χ4n) is 2.81. The highest BCUT2D eigenvalue weighted by molar-refractivity contribution is 7.89. The van der Waals surface area contributed by atoms with Gasteiger partial charge in [0.15, 0.2) is 17.4 Å². The van der Waals surface area contributed by atoms with Crippen LogP contribution in [0.3, 0.4) is 0 Å². The van der Waals surface area contributed by atoms with E-state index in [0.29, 0.717) is 16.4 Å². The van der Waals surface area contributed by atoms with Crippen molar-refractivity contribution in [3.63, 3.8) is 0 Å². The van der Waals surface area contributed by atoms with Crippen LogP contribution in [0.4, 0.5) is 13.6 Å². The Morgan fingerprint density at radius 1 is 1.06 bits per heavy atom. The van der Waals surface area contributed by atoms with Gasteiger partial charge in [-0.3, -0.25) is 10.0 Å². The van der Waals surface area contributed by atoms with Gasteiger partial charge in [0, 0.05) is 27.2 Å². The Morgan fingerprint density at radius 2 is 1.67 bits per heavy atom. The number of carbonyl (C=O) groups is 2. The summed E-state index contributed by atoms with van der Waals surface area (Å²) in [5.74, 6) is -4.37. The Labute approximate surface area is 207 Å². The van der Waals surface area contributed by atoms with E-state index in [9.17, 15) is 26.8 Å². The van der Waals surface area contributed by atoms with Crippen LogP contribution in [0.2, 0.25) is 0 Å². The standard InChI is InChI=1S/C22H27F2N3O8S/c1-15-4-6-16(7-5-15)35-21-18(23)12-17(13-19(21)24)36(31,32)27(14-20(28)25-30)9-8-26(2)22(29)34-11-10-33-3/h4-7,12-13,30H,8-11,14H2,1-3H3,(H,25,28). The van der Waals surface area contributed by atoms with Crippen molar-refractivity contribution < 1.29 is 46.2 Å². The number of halogens is 2. The second-order valence-corrected chi connectivity index (χ2v) is 9.47. The van der Waals surface area contributed by atoms with Crippen molar-refractivity contribution in [2.24, 2.45) is 0 Å². The summed E-state index contributed by atoms with van der Waals surface area (Å²) in [6, 6.07) is 7.41. The fourth-order valence-corrected chi connectivity index (χ4v) is 4.22. The molecule has 0 unspecified atom stereocenters. The van der Waals surface area contributed by atoms with Crippen LogP contribution in [0, 0.1) is 18.6 Å². The van der Waals surface area contributed by atoms with E-state index in [-0.39, 0.29) is 25.5 Å². The number of nitrogens with zero attached hydrogens (tertiary/aromatic N) is 2. The molecule has 0 aliphatic carbocycles. The van der Waals surface area contributed by atoms with Gasteiger partial charge in [-0.1, -0.05) is 17.7 Å². The molecule has 0 aromatic heterocycles. The number of hydrogen-bond acceptors (Lipinski definition) is 8. The summed E-state index contributed by atoms with van der Waals surface area (Å²) < 4.78 is 71.1. The molecule has 2 N–H and O–H groups in total. The number of benzene rings is 2. The average molecular weight is 532 g/mol. The van der Waals surface area contributed by atoms with Crippen molar-refractivity contribution in [1.29, 1.82) is 0 Å². The molecule has 0 bridgehead atoms. The number of nitrogens with one attached hydrogen (secondary N) is 1. The second-order valence-electron chi connectivity index (χ2n) is 7.53. The molecule has 2 amide bonds. The van der Waals surface area contributed by atoms with Crippen molar-refractivity contribution in [2.45, 2.75) is 11.8 Å². The number of hydroxylamine groups is 1. The van der Waals surface area contributed by atoms with Crippen molar-refractivity contribution in [3.8, 4) is 11.5 Å². The molecule has 0 heterocycles. The minimum atomic E-state index is -4.66. The van der Waals surface area contributed by atoms with Gasteiger partial charge >= 0.3 is 6.09 Å². The average Bonchev–Trinajstić information content (AvgIpc) is 2.84. The van der Waals surface area contributed by atoms with E-state index in [4.69, 9.17) is 19.4 Å². The van der Waals surface area contributed by atoms with Crippen LogP contribution in [0.5, 0.6) is 11.5 Å². The number of carbonyl (C=O) groups excluding carboxylic acids is 2. The van der Waals surface area contributed by atoms with Gasteiger partial charge in [0.1, 0.15) is 12.4 Å². The number of methoxy groups -OCH3 is 1. The number of aryl methyl sites for hydroxylation is 1. The molecule has 0 atom stereocenters. The van der Waals surface area contributed by atoms with Gasteiger partial charge in [-0.05, 0) is 31.2 Å². The van der Waals surface area contributed by atoms with Gasteiger partial charge in [-0.15, -0.1) is 0 Å². The largest absolute Gasteiger partial charge is 0.451 e. The lowest BCUT2D eigenvalue weighted by atomic mass is 10.2. The topological polar surface area (TPSA) is 135 Å². The third-order valence-corrected chi connectivity index (χ3v) is 6.63. The molecule has 0 aliphatic rings. The van der Waals surface area contributed by atoms with Crippen LogP contribution < -0.4 is 10.2 Å². The third kappa shape index (κ3) is 7.84. The van der Waals surface area contributed by atoms with E-state index in [1.165, 1.54) is 31.8 Å². The molecular formula is C22H27F2N3O8S. The highest BCUT2D eigenvalue weighted by Gasteiger charge is 2.30. The van der Waals surface area contributed by atoms with Gasteiger partial charge in [-0.25, -0.2) is 27.5 Å². The van der Waals surface area contributed by atoms with Crippen LogP contribution in [-0.4, -0.2) is 81.8 Å². The lowest BCUT2D eigenvalue weighted by molar-refractivity contribution is -0.129. The molecule has 0 spiro atoms. The number of rotatable bonds is 12. The number of likely N-dealkylation sites (N-methyl/N-ethyl adjacent to an activating group) is 1. The maximum atomic E-state index is 14.7. The first-order valence-electron chi connectivity index (χ1n) is 10.5. The quantitative estimate of drug-likeness (QED) is 0.242. The van der Waals surface area contributed by atoms with Gasteiger partial charge in [0.25, 0.3) is 5.91 Å². The normalized spacial score (nSPS) is 11.3. The zero-order chi connectivity index (χ0) is 26.9. The van der Waals surface area contributed by atoms with E-state index >= 15 is 0 Å². The van der Waals surface area contributed by atoms with Crippen molar-refractivity contribution >= 4 is 22.0 Å². The molecular weight excluding hydrogens is 504 g/mol. The number of amides is 2. The minimum Gasteiger partial charge on any atom is -0.451 e. The third-order valence-electron chi connectivity index (χ3n) is 4.80. The number of sulfonamides is 1. The molecule has 2 aromatic carbocycles. The summed E-state index contributed by atoms with van der Waals surface area (Å²) in [5.41, 5.74) is 2.19. The molecule has 0 saturated heterocycles. The molecule has 11 nitrogen and oxygen atoms in total. The van der Waals surface area contributed by atoms with E-state index in [2.05, 4.69) is 0 Å². The Balaban J connectivity index is 2.26. The SMILES string of the molecule is COCCOC(=O)N(C)CCN(CC(=O)NO)S(=O)(=O)c1cc(F)c(Oc2ccc(C)cc2)c(F)c1. The van der Waals surface area contributed by atoms with Crippen LogP contribution in [0.15, 0.2) is 41.3 Å². The predicted molar refractivity (Wildman–Crippen MR) is 122 cm³/mol. The van der Waals surface area contributed by atoms with Gasteiger partial charge in [-0.2, -0.15) is 4.31 Å². The van der Waals surface area contributed by atoms with Crippen LogP contribution >= 0.6 is 0 Å². The highest BCUT2D eigenvalue weighted by atomic mass is 32.2. The minimum absolute atomic E-state index is 0.0375. The molecule has 0 aliphatic heterocycles. The van der Waals surface area contributed by atoms with Crippen molar-refractivity contribution in [1.82, 2.24) is 14.7 Å². The Morgan fingerprint density at radius 3 is 2.22 bits per heavy atom. The Hall–Kier alpha value is -3.33. The zero-order valence-electron chi connectivity index (χ0n) is 19.9. The first-order chi connectivity index (χ1) is 17.0. The lowest BCUT2D eigenvalue weighted by Gasteiger charge is -2.24. The number of hydrogen-bond donors (Lipinski definition) is 2. The molecule has 0 saturated carbocycles. The van der Waals surface area contributed by atoms with E-state index in [1.807, 2.05) is 6.92 Å². The number of ether oxygens (including phenoxy) is 3. The Bertz CT molecular complexity index is 1140. The summed E-state index contributed by atoms with van der Waals surface area (Å²) >= 11 is 0.